The minimum atomic E-state index is -2.36. The smallest absolute Gasteiger partial charge is 0.325 e. The highest BCUT2D eigenvalue weighted by molar-refractivity contribution is 6.32. The number of aromatic hydroxyl groups is 3. The highest BCUT2D eigenvalue weighted by Crippen LogP contribution is 2.55. The van der Waals surface area contributed by atoms with Gasteiger partial charge in [-0.15, -0.1) is 0 Å². The first kappa shape index (κ1) is 88.6. The third-order valence-corrected chi connectivity index (χ3v) is 23.6. The van der Waals surface area contributed by atoms with E-state index in [1.165, 1.54) is 56.4 Å². The van der Waals surface area contributed by atoms with Crippen LogP contribution in [0.4, 0.5) is 10.5 Å². The first-order valence-corrected chi connectivity index (χ1v) is 41.1. The number of urea groups is 1. The Kier molecular flexibility index (Phi) is 28.0. The van der Waals surface area contributed by atoms with Crippen LogP contribution in [0.2, 0.25) is 5.02 Å². The number of amides is 10. The summed E-state index contributed by atoms with van der Waals surface area (Å²) in [4.78, 5) is 139. The Bertz CT molecular complexity index is 4910. The maximum Gasteiger partial charge on any atom is 0.325 e. The number of carbonyl (C=O) groups excluding carboxylic acids is 9. The van der Waals surface area contributed by atoms with Crippen LogP contribution in [-0.2, 0) is 43.1 Å². The fourth-order valence-electron chi connectivity index (χ4n) is 17.4. The van der Waals surface area contributed by atoms with Crippen molar-refractivity contribution in [1.29, 1.82) is 0 Å². The molecule has 5 fully saturated rings. The molecule has 22 N–H and O–H groups in total. The minimum absolute atomic E-state index is 0.0492. The second kappa shape index (κ2) is 38.5. The van der Waals surface area contributed by atoms with Gasteiger partial charge in [0.2, 0.25) is 59.3 Å². The maximum atomic E-state index is 16.5. The van der Waals surface area contributed by atoms with Gasteiger partial charge in [0.15, 0.2) is 23.0 Å². The Morgan fingerprint density at radius 2 is 1.25 bits per heavy atom. The number of hydrogen-bond acceptors (Lipinski definition) is 27. The van der Waals surface area contributed by atoms with Gasteiger partial charge in [0.05, 0.1) is 30.7 Å². The Morgan fingerprint density at radius 1 is 0.615 bits per heavy atom. The van der Waals surface area contributed by atoms with Crippen molar-refractivity contribution >= 4 is 70.6 Å². The van der Waals surface area contributed by atoms with Gasteiger partial charge >= 0.3 is 6.03 Å². The van der Waals surface area contributed by atoms with E-state index in [9.17, 15) is 55.2 Å². The lowest BCUT2D eigenvalue weighted by Gasteiger charge is -2.54. The number of nitrogens with two attached hydrogens (primary N) is 1. The van der Waals surface area contributed by atoms with Crippen LogP contribution < -0.4 is 93.2 Å². The number of ether oxygens (including phenoxy) is 6. The molecule has 16 rings (SSSR count). The predicted octanol–water partition coefficient (Wildman–Crippen LogP) is 3.19. The van der Waals surface area contributed by atoms with Crippen LogP contribution in [0.5, 0.6) is 57.5 Å². The number of aliphatic hydroxyl groups is 5. The average Bonchev–Trinajstić information content (AvgIpc) is 0.757. The highest BCUT2D eigenvalue weighted by atomic mass is 35.5. The van der Waals surface area contributed by atoms with Gasteiger partial charge in [0.1, 0.15) is 102 Å². The molecule has 0 radical (unpaired) electrons. The third-order valence-electron chi connectivity index (χ3n) is 23.3. The van der Waals surface area contributed by atoms with Crippen LogP contribution in [0.3, 0.4) is 0 Å². The van der Waals surface area contributed by atoms with Gasteiger partial charge < -0.3 is 133 Å². The Labute approximate surface area is 706 Å². The van der Waals surface area contributed by atoms with E-state index >= 15 is 28.8 Å². The number of hydrogen-bond donors (Lipinski definition) is 21. The Morgan fingerprint density at radius 3 is 1.89 bits per heavy atom. The molecule has 122 heavy (non-hydrogen) atoms. The average molecular weight is 1710 g/mol. The molecule has 4 saturated carbocycles. The minimum Gasteiger partial charge on any atom is -0.508 e. The molecule has 4 aliphatic carbocycles. The fraction of sp³-hybridized carbons (Fsp3) is 0.471. The van der Waals surface area contributed by atoms with Crippen molar-refractivity contribution in [3.8, 4) is 68.6 Å². The number of carbonyl (C=O) groups is 9. The summed E-state index contributed by atoms with van der Waals surface area (Å²) < 4.78 is 38.1. The zero-order valence-corrected chi connectivity index (χ0v) is 68.6. The lowest BCUT2D eigenvalue weighted by molar-refractivity contribution is -0.270. The van der Waals surface area contributed by atoms with E-state index in [0.717, 1.165) is 80.6 Å². The molecule has 0 spiro atoms. The summed E-state index contributed by atoms with van der Waals surface area (Å²) in [6.45, 7) is 6.50. The molecule has 37 heteroatoms. The number of likely N-dealkylation sites (N-methyl/N-ethyl adjacent to an activating group) is 1. The van der Waals surface area contributed by atoms with Crippen LogP contribution in [0, 0.1) is 36.5 Å². The van der Waals surface area contributed by atoms with Crippen molar-refractivity contribution < 1.29 is 112 Å². The van der Waals surface area contributed by atoms with Crippen LogP contribution in [0.1, 0.15) is 135 Å². The SMILES string of the molecule is CNCCCOc1ccc(NC(=O)NC(=O)C[C@@H]2NC(=O)[C@H](NC(=O)[C@@H](CC(C)C)NC)[C@H](O)c3ccc(c(C)c3)Oc3cc4cc(c3O[C@@H]3O[C@H](CN)[C@@H](O)[C@H](O)[C@H]3O)Oc3ccc(cc3Cl)[C@@H](O)[C@@H]3NC(=O)[C@H](NC(=O)[C@@H]4NC2=O)c2ccc(O)c(c2)-c2c(O)cc(O)cc2[C@@H](C(=O)NC2C4CC5CC(C4)CC2C5)NC3=O)cc1OCCCNC. The first-order valence-electron chi connectivity index (χ1n) is 40.7. The lowest BCUT2D eigenvalue weighted by Crippen LogP contribution is -2.60. The number of imide groups is 1. The van der Waals surface area contributed by atoms with Crippen molar-refractivity contribution in [2.24, 2.45) is 35.3 Å². The van der Waals surface area contributed by atoms with E-state index in [-0.39, 0.29) is 104 Å². The highest BCUT2D eigenvalue weighted by Gasteiger charge is 2.51. The Hall–Kier alpha value is -11.2. The van der Waals surface area contributed by atoms with Crippen LogP contribution in [0.15, 0.2) is 97.1 Å². The number of phenols is 3. The molecule has 15 bridgehead atoms. The molecule has 6 aromatic carbocycles. The number of aryl methyl sites for hydroxylation is 1. The molecular formula is C85H104ClN13O23. The van der Waals surface area contributed by atoms with Gasteiger partial charge in [0.25, 0.3) is 0 Å². The summed E-state index contributed by atoms with van der Waals surface area (Å²) in [7, 11) is 5.06. The van der Waals surface area contributed by atoms with E-state index in [1.54, 1.807) is 20.2 Å². The normalized spacial score (nSPS) is 26.9. The van der Waals surface area contributed by atoms with E-state index < -0.39 is 192 Å². The van der Waals surface area contributed by atoms with Gasteiger partial charge in [0, 0.05) is 41.5 Å². The lowest BCUT2D eigenvalue weighted by atomic mass is 9.54. The van der Waals surface area contributed by atoms with Gasteiger partial charge in [-0.3, -0.25) is 43.7 Å². The molecule has 10 aliphatic rings. The number of fused-ring (bicyclic) bond motifs is 15. The van der Waals surface area contributed by atoms with E-state index in [1.807, 2.05) is 13.8 Å². The van der Waals surface area contributed by atoms with Gasteiger partial charge in [-0.2, -0.15) is 0 Å². The summed E-state index contributed by atoms with van der Waals surface area (Å²) in [6, 6.07) is 4.07. The molecule has 6 aromatic rings. The first-order chi connectivity index (χ1) is 58.4. The number of nitrogens with one attached hydrogen (secondary N) is 12. The standard InChI is InChI=1S/C85H104ClN13O23/c1-37(2)21-52(90-6)77(109)98-69-71(104)42-10-14-56(38(3)22-42)119-60-30-46-31-61(76(60)122-84-75(108)74(107)73(106)62(36-87)121-84)120-57-15-11-43(29-51(57)86)72(105)70-83(115)97-68(81(113)94-65-44-24-39-23-40(26-44)27-45(65)25-39)50-33-48(100)34-55(102)64(50)49-28-41(9-13-54(49)101)66(79(111)99-70)96-80(112)67(46)95-78(110)53(92-82(69)114)35-63(103)93-85(116)91-47-12-16-58(117-19-7-17-88-4)59(32-47)118-20-8-18-89-5/h9-16,22,28-34,37,39-40,44-45,52-53,62,65-75,84,88-90,100-102,104-108H,7-8,17-21,23-27,35-36,87H2,1-6H3,(H,92,114)(H,94,113)(H,95,110)(H,96,112)(H,97,115)(H,98,109)(H,99,111)(H2,91,93,103,116)/t39?,40?,44?,45?,52-,53+,62-,65?,66-,67-,68+,69-,70+,71-,72-,73-,74+,75-,84+/m1/s1. The molecule has 6 aliphatic heterocycles. The number of aliphatic hydroxyl groups excluding tert-OH is 5. The zero-order chi connectivity index (χ0) is 87.2. The molecule has 654 valence electrons. The Balaban J connectivity index is 0.972. The number of rotatable bonds is 23. The van der Waals surface area contributed by atoms with Crippen molar-refractivity contribution in [2.45, 2.75) is 170 Å². The van der Waals surface area contributed by atoms with Gasteiger partial charge in [-0.25, -0.2) is 4.79 Å². The van der Waals surface area contributed by atoms with Crippen LogP contribution >= 0.6 is 11.6 Å². The summed E-state index contributed by atoms with van der Waals surface area (Å²) in [5, 5.41) is 127. The molecule has 1 saturated heterocycles. The molecule has 36 nitrogen and oxygen atoms in total. The second-order valence-corrected chi connectivity index (χ2v) is 32.9. The largest absolute Gasteiger partial charge is 0.508 e. The summed E-state index contributed by atoms with van der Waals surface area (Å²) >= 11 is 7.21. The number of phenolic OH excluding ortho intramolecular Hbond substituents is 3. The van der Waals surface area contributed by atoms with Gasteiger partial charge in [-0.05, 0) is 222 Å². The summed E-state index contributed by atoms with van der Waals surface area (Å²) in [6.07, 6.45) is -8.86. The molecular weight excluding hydrogens is 1610 g/mol. The molecule has 10 amide bonds. The quantitative estimate of drug-likeness (QED) is 0.0410. The summed E-state index contributed by atoms with van der Waals surface area (Å²) in [5.41, 5.74) is 4.33. The number of halogens is 1. The summed E-state index contributed by atoms with van der Waals surface area (Å²) in [5.74, 6) is -12.3. The topological polar surface area (TPSA) is 541 Å². The maximum absolute atomic E-state index is 16.5. The van der Waals surface area contributed by atoms with Crippen LogP contribution in [0.25, 0.3) is 11.1 Å². The van der Waals surface area contributed by atoms with Crippen molar-refractivity contribution in [1.82, 2.24) is 58.5 Å². The monoisotopic (exact) mass is 1710 g/mol. The molecule has 6 heterocycles. The second-order valence-electron chi connectivity index (χ2n) is 32.5. The fourth-order valence-corrected chi connectivity index (χ4v) is 17.6. The van der Waals surface area contributed by atoms with Crippen LogP contribution in [-0.4, -0.2) is 209 Å². The predicted molar refractivity (Wildman–Crippen MR) is 438 cm³/mol. The zero-order valence-electron chi connectivity index (χ0n) is 67.8. The number of benzene rings is 6. The molecule has 0 aromatic heterocycles. The molecule has 14 atom stereocenters. The van der Waals surface area contributed by atoms with Crippen molar-refractivity contribution in [3.05, 3.63) is 135 Å². The van der Waals surface area contributed by atoms with Crippen molar-refractivity contribution in [2.75, 3.05) is 59.3 Å². The van der Waals surface area contributed by atoms with Gasteiger partial charge in [-0.1, -0.05) is 43.6 Å². The number of anilines is 1. The third kappa shape index (κ3) is 19.8. The van der Waals surface area contributed by atoms with Crippen molar-refractivity contribution in [3.63, 3.8) is 0 Å². The van der Waals surface area contributed by atoms with E-state index in [0.29, 0.717) is 50.1 Å². The van der Waals surface area contributed by atoms with E-state index in [4.69, 9.17) is 45.8 Å². The van der Waals surface area contributed by atoms with E-state index in [2.05, 4.69) is 63.8 Å². The molecule has 0 unspecified atom stereocenters.